The number of halogens is 1. The summed E-state index contributed by atoms with van der Waals surface area (Å²) in [6, 6.07) is 7.47. The van der Waals surface area contributed by atoms with E-state index in [4.69, 9.17) is 16.3 Å². The highest BCUT2D eigenvalue weighted by Crippen LogP contribution is 2.26. The molecule has 0 bridgehead atoms. The maximum Gasteiger partial charge on any atom is 0.168 e. The highest BCUT2D eigenvalue weighted by atomic mass is 35.5. The van der Waals surface area contributed by atoms with Crippen LogP contribution in [0.15, 0.2) is 29.2 Å². The molecule has 0 aliphatic carbocycles. The molecule has 0 aliphatic rings. The summed E-state index contributed by atoms with van der Waals surface area (Å²) in [7, 11) is 1.51. The van der Waals surface area contributed by atoms with Gasteiger partial charge in [-0.05, 0) is 12.1 Å². The lowest BCUT2D eigenvalue weighted by molar-refractivity contribution is -0.120. The van der Waals surface area contributed by atoms with E-state index >= 15 is 0 Å². The van der Waals surface area contributed by atoms with Crippen LogP contribution in [0.2, 0.25) is 5.02 Å². The van der Waals surface area contributed by atoms with Crippen LogP contribution >= 0.6 is 23.4 Å². The van der Waals surface area contributed by atoms with E-state index < -0.39 is 0 Å². The molecule has 0 atom stereocenters. The molecule has 0 spiro atoms. The van der Waals surface area contributed by atoms with Gasteiger partial charge in [0.05, 0.1) is 10.8 Å². The van der Waals surface area contributed by atoms with Gasteiger partial charge in [-0.1, -0.05) is 23.7 Å². The average molecular weight is 231 g/mol. The van der Waals surface area contributed by atoms with E-state index in [1.54, 1.807) is 0 Å². The first kappa shape index (κ1) is 11.6. The Balaban J connectivity index is 2.46. The molecule has 0 heterocycles. The Morgan fingerprint density at radius 2 is 2.21 bits per heavy atom. The summed E-state index contributed by atoms with van der Waals surface area (Å²) < 4.78 is 4.73. The van der Waals surface area contributed by atoms with Crippen molar-refractivity contribution in [3.63, 3.8) is 0 Å². The third kappa shape index (κ3) is 3.70. The van der Waals surface area contributed by atoms with E-state index in [2.05, 4.69) is 0 Å². The first-order chi connectivity index (χ1) is 6.74. The van der Waals surface area contributed by atoms with Crippen LogP contribution in [0.3, 0.4) is 0 Å². The first-order valence-electron chi connectivity index (χ1n) is 4.12. The topological polar surface area (TPSA) is 26.3 Å². The van der Waals surface area contributed by atoms with Gasteiger partial charge in [-0.3, -0.25) is 4.79 Å². The van der Waals surface area contributed by atoms with Crippen LogP contribution in [0.4, 0.5) is 0 Å². The molecule has 0 saturated heterocycles. The Morgan fingerprint density at radius 1 is 1.50 bits per heavy atom. The van der Waals surface area contributed by atoms with Crippen molar-refractivity contribution in [2.45, 2.75) is 4.90 Å². The Hall–Kier alpha value is -0.510. The summed E-state index contributed by atoms with van der Waals surface area (Å²) in [5.41, 5.74) is 0. The second kappa shape index (κ2) is 6.06. The van der Waals surface area contributed by atoms with Crippen LogP contribution < -0.4 is 0 Å². The molecule has 0 aromatic heterocycles. The van der Waals surface area contributed by atoms with Gasteiger partial charge in [0, 0.05) is 12.0 Å². The fraction of sp³-hybridized carbons (Fsp3) is 0.300. The van der Waals surface area contributed by atoms with E-state index in [-0.39, 0.29) is 12.4 Å². The Bertz CT molecular complexity index is 315. The van der Waals surface area contributed by atoms with Crippen LogP contribution in [0.5, 0.6) is 0 Å². The molecule has 0 aliphatic heterocycles. The summed E-state index contributed by atoms with van der Waals surface area (Å²) in [6.45, 7) is 0.164. The minimum Gasteiger partial charge on any atom is -0.377 e. The van der Waals surface area contributed by atoms with E-state index in [1.165, 1.54) is 18.9 Å². The number of methoxy groups -OCH3 is 1. The molecular formula is C10H11ClO2S. The summed E-state index contributed by atoms with van der Waals surface area (Å²) in [6.07, 6.45) is 0. The lowest BCUT2D eigenvalue weighted by Gasteiger charge is -2.02. The molecule has 0 fully saturated rings. The number of hydrogen-bond donors (Lipinski definition) is 0. The van der Waals surface area contributed by atoms with Crippen LogP contribution in [0, 0.1) is 0 Å². The highest BCUT2D eigenvalue weighted by Gasteiger charge is 2.04. The zero-order valence-electron chi connectivity index (χ0n) is 7.83. The van der Waals surface area contributed by atoms with Crippen molar-refractivity contribution < 1.29 is 9.53 Å². The summed E-state index contributed by atoms with van der Waals surface area (Å²) >= 11 is 7.35. The van der Waals surface area contributed by atoms with Crippen molar-refractivity contribution in [1.29, 1.82) is 0 Å². The predicted molar refractivity (Wildman–Crippen MR) is 59.1 cm³/mol. The molecule has 1 aromatic carbocycles. The van der Waals surface area contributed by atoms with Crippen molar-refractivity contribution in [3.8, 4) is 0 Å². The van der Waals surface area contributed by atoms with E-state index in [0.717, 1.165) is 4.90 Å². The van der Waals surface area contributed by atoms with Crippen molar-refractivity contribution in [2.75, 3.05) is 19.5 Å². The summed E-state index contributed by atoms with van der Waals surface area (Å²) in [4.78, 5) is 12.1. The number of ketones is 1. The molecule has 0 unspecified atom stereocenters. The molecule has 0 radical (unpaired) electrons. The third-order valence-electron chi connectivity index (χ3n) is 1.53. The monoisotopic (exact) mass is 230 g/mol. The molecule has 14 heavy (non-hydrogen) atoms. The molecule has 0 amide bonds. The zero-order chi connectivity index (χ0) is 10.4. The number of rotatable bonds is 5. The van der Waals surface area contributed by atoms with Gasteiger partial charge in [0.25, 0.3) is 0 Å². The van der Waals surface area contributed by atoms with Crippen LogP contribution in [-0.2, 0) is 9.53 Å². The summed E-state index contributed by atoms with van der Waals surface area (Å²) in [5, 5.41) is 0.683. The van der Waals surface area contributed by atoms with Gasteiger partial charge in [-0.15, -0.1) is 11.8 Å². The Kier molecular flexibility index (Phi) is 5.01. The van der Waals surface area contributed by atoms with Gasteiger partial charge in [-0.25, -0.2) is 0 Å². The maximum atomic E-state index is 11.1. The standard InChI is InChI=1S/C10H11ClO2S/c1-13-6-8(12)7-14-10-5-3-2-4-9(10)11/h2-5H,6-7H2,1H3. The van der Waals surface area contributed by atoms with E-state index in [1.807, 2.05) is 24.3 Å². The molecule has 2 nitrogen and oxygen atoms in total. The van der Waals surface area contributed by atoms with Crippen molar-refractivity contribution in [2.24, 2.45) is 0 Å². The maximum absolute atomic E-state index is 11.1. The number of thioether (sulfide) groups is 1. The zero-order valence-corrected chi connectivity index (χ0v) is 9.40. The summed E-state index contributed by atoms with van der Waals surface area (Å²) in [5.74, 6) is 0.467. The quantitative estimate of drug-likeness (QED) is 0.728. The van der Waals surface area contributed by atoms with Crippen LogP contribution in [0.25, 0.3) is 0 Å². The van der Waals surface area contributed by atoms with Crippen LogP contribution in [0.1, 0.15) is 0 Å². The molecular weight excluding hydrogens is 220 g/mol. The Labute approximate surface area is 92.6 Å². The van der Waals surface area contributed by atoms with Crippen LogP contribution in [-0.4, -0.2) is 25.3 Å². The van der Waals surface area contributed by atoms with Gasteiger partial charge in [0.1, 0.15) is 6.61 Å². The SMILES string of the molecule is COCC(=O)CSc1ccccc1Cl. The highest BCUT2D eigenvalue weighted by molar-refractivity contribution is 8.00. The molecule has 1 rings (SSSR count). The molecule has 76 valence electrons. The molecule has 0 saturated carbocycles. The number of carbonyl (C=O) groups is 1. The van der Waals surface area contributed by atoms with Gasteiger partial charge >= 0.3 is 0 Å². The number of hydrogen-bond acceptors (Lipinski definition) is 3. The van der Waals surface area contributed by atoms with Gasteiger partial charge in [-0.2, -0.15) is 0 Å². The lowest BCUT2D eigenvalue weighted by atomic mass is 10.4. The minimum absolute atomic E-state index is 0.0671. The smallest absolute Gasteiger partial charge is 0.168 e. The molecule has 1 aromatic rings. The second-order valence-electron chi connectivity index (χ2n) is 2.69. The Morgan fingerprint density at radius 3 is 2.86 bits per heavy atom. The van der Waals surface area contributed by atoms with Gasteiger partial charge in [0.2, 0.25) is 0 Å². The number of carbonyl (C=O) groups excluding carboxylic acids is 1. The lowest BCUT2D eigenvalue weighted by Crippen LogP contribution is -2.08. The number of Topliss-reactive ketones (excluding diaryl/α,β-unsaturated/α-hetero) is 1. The predicted octanol–water partition coefficient (Wildman–Crippen LogP) is 2.65. The fourth-order valence-electron chi connectivity index (χ4n) is 0.923. The average Bonchev–Trinajstić information content (AvgIpc) is 2.17. The fourth-order valence-corrected chi connectivity index (χ4v) is 2.00. The number of ether oxygens (including phenoxy) is 1. The molecule has 4 heteroatoms. The minimum atomic E-state index is 0.0671. The molecule has 0 N–H and O–H groups in total. The second-order valence-corrected chi connectivity index (χ2v) is 4.12. The van der Waals surface area contributed by atoms with Gasteiger partial charge in [0.15, 0.2) is 5.78 Å². The van der Waals surface area contributed by atoms with Gasteiger partial charge < -0.3 is 4.74 Å². The number of benzene rings is 1. The van der Waals surface area contributed by atoms with E-state index in [0.29, 0.717) is 10.8 Å². The first-order valence-corrected chi connectivity index (χ1v) is 5.48. The van der Waals surface area contributed by atoms with E-state index in [9.17, 15) is 4.79 Å². The normalized spacial score (nSPS) is 10.1. The van der Waals surface area contributed by atoms with Crippen molar-refractivity contribution in [3.05, 3.63) is 29.3 Å². The van der Waals surface area contributed by atoms with Crippen molar-refractivity contribution in [1.82, 2.24) is 0 Å². The van der Waals surface area contributed by atoms with Crippen molar-refractivity contribution >= 4 is 29.1 Å². The largest absolute Gasteiger partial charge is 0.377 e. The third-order valence-corrected chi connectivity index (χ3v) is 3.11.